The first kappa shape index (κ1) is 17.3. The van der Waals surface area contributed by atoms with Crippen LogP contribution in [0, 0.1) is 18.6 Å². The van der Waals surface area contributed by atoms with E-state index in [2.05, 4.69) is 15.2 Å². The molecule has 0 saturated carbocycles. The second-order valence-corrected chi connectivity index (χ2v) is 6.54. The van der Waals surface area contributed by atoms with Gasteiger partial charge >= 0.3 is 0 Å². The number of rotatable bonds is 2. The van der Waals surface area contributed by atoms with Gasteiger partial charge in [-0.1, -0.05) is 0 Å². The van der Waals surface area contributed by atoms with Crippen molar-refractivity contribution in [2.24, 2.45) is 0 Å². The van der Waals surface area contributed by atoms with E-state index >= 15 is 0 Å². The number of carbonyl (C=O) groups is 1. The molecule has 0 radical (unpaired) electrons. The van der Waals surface area contributed by atoms with E-state index in [1.807, 2.05) is 0 Å². The summed E-state index contributed by atoms with van der Waals surface area (Å²) in [5.41, 5.74) is 1.40. The van der Waals surface area contributed by atoms with Crippen LogP contribution < -0.4 is 5.56 Å². The van der Waals surface area contributed by atoms with Crippen LogP contribution in [0.15, 0.2) is 23.0 Å². The van der Waals surface area contributed by atoms with Crippen LogP contribution >= 0.6 is 0 Å². The molecule has 0 saturated heterocycles. The lowest BCUT2D eigenvalue weighted by Gasteiger charge is -2.33. The Balaban J connectivity index is 1.87. The lowest BCUT2D eigenvalue weighted by Crippen LogP contribution is -2.37. The van der Waals surface area contributed by atoms with Crippen molar-refractivity contribution in [2.45, 2.75) is 19.6 Å². The third kappa shape index (κ3) is 2.80. The Kier molecular flexibility index (Phi) is 4.03. The lowest BCUT2D eigenvalue weighted by molar-refractivity contribution is 0.0332. The predicted molar refractivity (Wildman–Crippen MR) is 92.3 cm³/mol. The molecule has 0 aliphatic carbocycles. The van der Waals surface area contributed by atoms with Crippen molar-refractivity contribution in [3.8, 4) is 0 Å². The average Bonchev–Trinajstić information content (AvgIpc) is 3.08. The average molecular weight is 374 g/mol. The monoisotopic (exact) mass is 374 g/mol. The molecule has 0 spiro atoms. The number of hydrogen-bond acceptors (Lipinski definition) is 4. The number of ether oxygens (including phenoxy) is 1. The summed E-state index contributed by atoms with van der Waals surface area (Å²) in [5, 5.41) is 6.96. The highest BCUT2D eigenvalue weighted by Gasteiger charge is 2.32. The van der Waals surface area contributed by atoms with Gasteiger partial charge in [-0.05, 0) is 30.5 Å². The second-order valence-electron chi connectivity index (χ2n) is 6.54. The molecule has 1 amide bonds. The smallest absolute Gasteiger partial charge is 0.274 e. The highest BCUT2D eigenvalue weighted by Crippen LogP contribution is 2.34. The molecule has 0 fully saturated rings. The van der Waals surface area contributed by atoms with Crippen LogP contribution in [-0.2, 0) is 11.3 Å². The van der Waals surface area contributed by atoms with Gasteiger partial charge in [0.25, 0.3) is 11.5 Å². The number of likely N-dealkylation sites (N-methyl/N-ethyl adjacent to an activating group) is 1. The lowest BCUT2D eigenvalue weighted by atomic mass is 9.95. The Morgan fingerprint density at radius 3 is 2.63 bits per heavy atom. The molecule has 0 bridgehead atoms. The Labute approximate surface area is 151 Å². The van der Waals surface area contributed by atoms with Crippen molar-refractivity contribution < 1.29 is 18.3 Å². The van der Waals surface area contributed by atoms with E-state index in [4.69, 9.17) is 4.74 Å². The summed E-state index contributed by atoms with van der Waals surface area (Å²) in [7, 11) is 1.58. The molecule has 9 heteroatoms. The zero-order valence-corrected chi connectivity index (χ0v) is 14.6. The van der Waals surface area contributed by atoms with Crippen LogP contribution in [0.2, 0.25) is 0 Å². The van der Waals surface area contributed by atoms with Gasteiger partial charge in [-0.25, -0.2) is 8.78 Å². The first-order valence-electron chi connectivity index (χ1n) is 8.27. The highest BCUT2D eigenvalue weighted by molar-refractivity contribution is 5.93. The van der Waals surface area contributed by atoms with E-state index in [1.165, 1.54) is 4.90 Å². The highest BCUT2D eigenvalue weighted by atomic mass is 19.2. The Bertz CT molecular complexity index is 1120. The minimum Gasteiger partial charge on any atom is -0.373 e. The van der Waals surface area contributed by atoms with Gasteiger partial charge in [-0.3, -0.25) is 14.7 Å². The minimum atomic E-state index is -1.10. The zero-order valence-electron chi connectivity index (χ0n) is 14.6. The largest absolute Gasteiger partial charge is 0.373 e. The third-order valence-corrected chi connectivity index (χ3v) is 4.75. The fourth-order valence-electron chi connectivity index (χ4n) is 3.40. The molecule has 1 aromatic carbocycles. The number of benzene rings is 1. The van der Waals surface area contributed by atoms with E-state index in [9.17, 15) is 18.4 Å². The van der Waals surface area contributed by atoms with E-state index < -0.39 is 23.2 Å². The topological polar surface area (TPSA) is 91.1 Å². The van der Waals surface area contributed by atoms with E-state index in [0.717, 1.165) is 17.8 Å². The molecular formula is C18H16F2N4O3. The Hall–Kier alpha value is -3.07. The van der Waals surface area contributed by atoms with E-state index in [0.29, 0.717) is 11.3 Å². The molecule has 3 heterocycles. The van der Waals surface area contributed by atoms with Crippen molar-refractivity contribution >= 4 is 16.7 Å². The number of fused-ring (bicyclic) bond motifs is 3. The number of halogens is 2. The Morgan fingerprint density at radius 1 is 1.26 bits per heavy atom. The normalized spacial score (nSPS) is 16.4. The number of pyridine rings is 1. The fourth-order valence-corrected chi connectivity index (χ4v) is 3.40. The molecular weight excluding hydrogens is 358 g/mol. The van der Waals surface area contributed by atoms with Gasteiger partial charge < -0.3 is 14.6 Å². The summed E-state index contributed by atoms with van der Waals surface area (Å²) in [4.78, 5) is 29.1. The summed E-state index contributed by atoms with van der Waals surface area (Å²) in [5.74, 6) is -2.52. The molecule has 1 aliphatic heterocycles. The number of carbonyl (C=O) groups excluding carboxylic acids is 1. The quantitative estimate of drug-likeness (QED) is 0.719. The van der Waals surface area contributed by atoms with Crippen LogP contribution in [0.5, 0.6) is 0 Å². The summed E-state index contributed by atoms with van der Waals surface area (Å²) in [6.07, 6.45) is 0. The number of amides is 1. The zero-order chi connectivity index (χ0) is 19.3. The second kappa shape index (κ2) is 6.27. The van der Waals surface area contributed by atoms with Crippen molar-refractivity contribution in [3.63, 3.8) is 0 Å². The molecule has 0 unspecified atom stereocenters. The van der Waals surface area contributed by atoms with Gasteiger partial charge in [0.15, 0.2) is 11.6 Å². The molecule has 2 N–H and O–H groups in total. The molecule has 2 aromatic heterocycles. The molecule has 3 aromatic rings. The maximum Gasteiger partial charge on any atom is 0.274 e. The maximum atomic E-state index is 13.9. The predicted octanol–water partition coefficient (Wildman–Crippen LogP) is 2.18. The maximum absolute atomic E-state index is 13.9. The summed E-state index contributed by atoms with van der Waals surface area (Å²) >= 11 is 0. The van der Waals surface area contributed by atoms with Crippen molar-refractivity contribution in [2.75, 3.05) is 13.7 Å². The SMILES string of the molecule is Cc1cc(C(=O)N(C)[C@@H]2COCc3[nH]c(=O)c4cc(F)c(F)cc4c32)n[nH]1. The summed E-state index contributed by atoms with van der Waals surface area (Å²) < 4.78 is 33.1. The van der Waals surface area contributed by atoms with Gasteiger partial charge in [0.1, 0.15) is 5.69 Å². The molecule has 1 atom stereocenters. The first-order valence-corrected chi connectivity index (χ1v) is 8.27. The van der Waals surface area contributed by atoms with Gasteiger partial charge in [-0.2, -0.15) is 5.10 Å². The number of hydrogen-bond donors (Lipinski definition) is 2. The first-order chi connectivity index (χ1) is 12.9. The molecule has 140 valence electrons. The van der Waals surface area contributed by atoms with Crippen molar-refractivity contribution in [1.82, 2.24) is 20.1 Å². The standard InChI is InChI=1S/C18H16F2N4O3/c1-8-3-13(23-22-8)18(26)24(2)15-7-27-6-14-16(15)9-4-11(19)12(20)5-10(9)17(25)21-14/h3-5,15H,6-7H2,1-2H3,(H,21,25)(H,22,23)/t15-/m1/s1. The van der Waals surface area contributed by atoms with Gasteiger partial charge in [0.2, 0.25) is 0 Å². The van der Waals surface area contributed by atoms with Crippen LogP contribution in [0.25, 0.3) is 10.8 Å². The van der Waals surface area contributed by atoms with Gasteiger partial charge in [0.05, 0.1) is 24.6 Å². The van der Waals surface area contributed by atoms with Crippen molar-refractivity contribution in [1.29, 1.82) is 0 Å². The number of H-pyrrole nitrogens is 2. The molecule has 4 rings (SSSR count). The number of aromatic nitrogens is 3. The van der Waals surface area contributed by atoms with Gasteiger partial charge in [0, 0.05) is 24.0 Å². The fraction of sp³-hybridized carbons (Fsp3) is 0.278. The number of nitrogens with one attached hydrogen (secondary N) is 2. The van der Waals surface area contributed by atoms with E-state index in [-0.39, 0.29) is 35.6 Å². The minimum absolute atomic E-state index is 0.0241. The molecule has 1 aliphatic rings. The number of nitrogens with zero attached hydrogens (tertiary/aromatic N) is 2. The molecule has 7 nitrogen and oxygen atoms in total. The number of aromatic amines is 2. The van der Waals surface area contributed by atoms with Crippen LogP contribution in [0.4, 0.5) is 8.78 Å². The summed E-state index contributed by atoms with van der Waals surface area (Å²) in [6, 6.07) is 2.88. The summed E-state index contributed by atoms with van der Waals surface area (Å²) in [6.45, 7) is 2.04. The third-order valence-electron chi connectivity index (χ3n) is 4.75. The van der Waals surface area contributed by atoms with Crippen LogP contribution in [0.3, 0.4) is 0 Å². The van der Waals surface area contributed by atoms with Gasteiger partial charge in [-0.15, -0.1) is 0 Å². The van der Waals surface area contributed by atoms with Crippen molar-refractivity contribution in [3.05, 3.63) is 62.8 Å². The van der Waals surface area contributed by atoms with E-state index in [1.54, 1.807) is 20.0 Å². The molecule has 27 heavy (non-hydrogen) atoms. The van der Waals surface area contributed by atoms with Crippen LogP contribution in [-0.4, -0.2) is 39.6 Å². The number of aryl methyl sites for hydroxylation is 1. The van der Waals surface area contributed by atoms with Crippen LogP contribution in [0.1, 0.15) is 33.5 Å². The Morgan fingerprint density at radius 2 is 1.96 bits per heavy atom.